The van der Waals surface area contributed by atoms with Gasteiger partial charge in [-0.15, -0.1) is 0 Å². The van der Waals surface area contributed by atoms with E-state index in [0.29, 0.717) is 11.7 Å². The van der Waals surface area contributed by atoms with E-state index in [1.54, 1.807) is 0 Å². The Kier molecular flexibility index (Phi) is 3.20. The molecule has 1 aromatic rings. The van der Waals surface area contributed by atoms with E-state index < -0.39 is 0 Å². The van der Waals surface area contributed by atoms with Crippen LogP contribution in [-0.2, 0) is 0 Å². The number of aryl methyl sites for hydroxylation is 1. The lowest BCUT2D eigenvalue weighted by atomic mass is 9.83. The smallest absolute Gasteiger partial charge is 0.119 e. The molecule has 0 atom stereocenters. The Balaban J connectivity index is 2.42. The molecule has 1 aliphatic heterocycles. The van der Waals surface area contributed by atoms with Crippen molar-refractivity contribution in [3.63, 3.8) is 0 Å². The first kappa shape index (κ1) is 11.5. The van der Waals surface area contributed by atoms with E-state index in [0.717, 1.165) is 18.7 Å². The Hall–Kier alpha value is -1.02. The van der Waals surface area contributed by atoms with Gasteiger partial charge in [0.05, 0.1) is 0 Å². The Labute approximate surface area is 97.7 Å². The van der Waals surface area contributed by atoms with Crippen LogP contribution in [0.5, 0.6) is 5.75 Å². The maximum absolute atomic E-state index is 9.79. The second kappa shape index (κ2) is 4.46. The van der Waals surface area contributed by atoms with Gasteiger partial charge in [-0.2, -0.15) is 0 Å². The molecule has 1 aliphatic rings. The van der Waals surface area contributed by atoms with Crippen LogP contribution >= 0.6 is 0 Å². The van der Waals surface area contributed by atoms with Crippen LogP contribution in [0.1, 0.15) is 41.0 Å². The molecule has 2 rings (SSSR count). The van der Waals surface area contributed by atoms with Gasteiger partial charge in [0.25, 0.3) is 0 Å². The third-order valence-electron chi connectivity index (χ3n) is 3.88. The maximum Gasteiger partial charge on any atom is 0.119 e. The van der Waals surface area contributed by atoms with Crippen molar-refractivity contribution in [3.8, 4) is 5.75 Å². The van der Waals surface area contributed by atoms with Crippen LogP contribution in [0.25, 0.3) is 0 Å². The zero-order valence-electron chi connectivity index (χ0n) is 10.4. The molecule has 2 N–H and O–H groups in total. The standard InChI is InChI=1S/C14H21NO/c1-9-8-13(16)10(2)11(3)14(9)12-4-6-15-7-5-12/h8,12,15-16H,4-7H2,1-3H3. The number of phenolic OH excluding ortho intramolecular Hbond substituents is 1. The molecule has 0 aromatic heterocycles. The van der Waals surface area contributed by atoms with Gasteiger partial charge in [-0.1, -0.05) is 0 Å². The first-order valence-electron chi connectivity index (χ1n) is 6.11. The first-order valence-corrected chi connectivity index (χ1v) is 6.11. The molecule has 0 radical (unpaired) electrons. The minimum atomic E-state index is 0.438. The molecule has 2 heteroatoms. The molecule has 0 spiro atoms. The van der Waals surface area contributed by atoms with Gasteiger partial charge < -0.3 is 10.4 Å². The number of phenols is 1. The van der Waals surface area contributed by atoms with Crippen molar-refractivity contribution < 1.29 is 5.11 Å². The van der Waals surface area contributed by atoms with Crippen molar-refractivity contribution in [1.29, 1.82) is 0 Å². The molecule has 2 nitrogen and oxygen atoms in total. The summed E-state index contributed by atoms with van der Waals surface area (Å²) in [5, 5.41) is 13.2. The van der Waals surface area contributed by atoms with Crippen molar-refractivity contribution >= 4 is 0 Å². The second-order valence-corrected chi connectivity index (χ2v) is 4.90. The van der Waals surface area contributed by atoms with Crippen LogP contribution in [0.3, 0.4) is 0 Å². The summed E-state index contributed by atoms with van der Waals surface area (Å²) in [7, 11) is 0. The second-order valence-electron chi connectivity index (χ2n) is 4.90. The topological polar surface area (TPSA) is 32.3 Å². The van der Waals surface area contributed by atoms with Gasteiger partial charge in [0.2, 0.25) is 0 Å². The van der Waals surface area contributed by atoms with E-state index in [4.69, 9.17) is 0 Å². The molecule has 0 saturated carbocycles. The first-order chi connectivity index (χ1) is 7.61. The highest BCUT2D eigenvalue weighted by Crippen LogP contribution is 2.35. The summed E-state index contributed by atoms with van der Waals surface area (Å²) in [5.74, 6) is 1.10. The number of benzene rings is 1. The fraction of sp³-hybridized carbons (Fsp3) is 0.571. The Bertz CT molecular complexity index is 392. The average Bonchev–Trinajstić information content (AvgIpc) is 2.28. The summed E-state index contributed by atoms with van der Waals surface area (Å²) in [6.45, 7) is 8.49. The lowest BCUT2D eigenvalue weighted by Crippen LogP contribution is -2.27. The van der Waals surface area contributed by atoms with Gasteiger partial charge in [0, 0.05) is 0 Å². The molecular weight excluding hydrogens is 198 g/mol. The van der Waals surface area contributed by atoms with E-state index in [1.807, 2.05) is 13.0 Å². The average molecular weight is 219 g/mol. The largest absolute Gasteiger partial charge is 0.508 e. The molecule has 0 aliphatic carbocycles. The normalized spacial score (nSPS) is 17.7. The Morgan fingerprint density at radius 2 is 1.75 bits per heavy atom. The number of hydrogen-bond donors (Lipinski definition) is 2. The van der Waals surface area contributed by atoms with E-state index in [-0.39, 0.29) is 0 Å². The van der Waals surface area contributed by atoms with Gasteiger partial charge in [0.1, 0.15) is 5.75 Å². The van der Waals surface area contributed by atoms with Crippen LogP contribution in [-0.4, -0.2) is 18.2 Å². The van der Waals surface area contributed by atoms with E-state index in [1.165, 1.54) is 29.5 Å². The van der Waals surface area contributed by atoms with Crippen molar-refractivity contribution in [2.45, 2.75) is 39.5 Å². The molecule has 1 fully saturated rings. The van der Waals surface area contributed by atoms with E-state index >= 15 is 0 Å². The van der Waals surface area contributed by atoms with Crippen LogP contribution in [0.2, 0.25) is 0 Å². The summed E-state index contributed by atoms with van der Waals surface area (Å²) < 4.78 is 0. The third-order valence-corrected chi connectivity index (χ3v) is 3.88. The maximum atomic E-state index is 9.79. The van der Waals surface area contributed by atoms with Crippen molar-refractivity contribution in [2.75, 3.05) is 13.1 Å². The molecule has 0 bridgehead atoms. The van der Waals surface area contributed by atoms with Crippen molar-refractivity contribution in [1.82, 2.24) is 5.32 Å². The van der Waals surface area contributed by atoms with Crippen molar-refractivity contribution in [3.05, 3.63) is 28.3 Å². The lowest BCUT2D eigenvalue weighted by Gasteiger charge is -2.27. The predicted molar refractivity (Wildman–Crippen MR) is 67.2 cm³/mol. The molecular formula is C14H21NO. The third kappa shape index (κ3) is 1.94. The predicted octanol–water partition coefficient (Wildman–Crippen LogP) is 2.78. The fourth-order valence-corrected chi connectivity index (χ4v) is 2.82. The summed E-state index contributed by atoms with van der Waals surface area (Å²) >= 11 is 0. The van der Waals surface area contributed by atoms with Crippen LogP contribution in [0.4, 0.5) is 0 Å². The zero-order valence-corrected chi connectivity index (χ0v) is 10.4. The fourth-order valence-electron chi connectivity index (χ4n) is 2.82. The highest BCUT2D eigenvalue weighted by atomic mass is 16.3. The molecule has 16 heavy (non-hydrogen) atoms. The quantitative estimate of drug-likeness (QED) is 0.761. The highest BCUT2D eigenvalue weighted by Gasteiger charge is 2.20. The van der Waals surface area contributed by atoms with Crippen LogP contribution < -0.4 is 5.32 Å². The Morgan fingerprint density at radius 1 is 1.12 bits per heavy atom. The summed E-state index contributed by atoms with van der Waals surface area (Å²) in [4.78, 5) is 0. The van der Waals surface area contributed by atoms with Gasteiger partial charge in [0.15, 0.2) is 0 Å². The van der Waals surface area contributed by atoms with Gasteiger partial charge in [-0.3, -0.25) is 0 Å². The van der Waals surface area contributed by atoms with Gasteiger partial charge in [-0.05, 0) is 80.9 Å². The van der Waals surface area contributed by atoms with Crippen LogP contribution in [0.15, 0.2) is 6.07 Å². The summed E-state index contributed by atoms with van der Waals surface area (Å²) in [6.07, 6.45) is 2.43. The SMILES string of the molecule is Cc1cc(O)c(C)c(C)c1C1CCNCC1. The molecule has 1 aromatic carbocycles. The van der Waals surface area contributed by atoms with Gasteiger partial charge in [-0.25, -0.2) is 0 Å². The lowest BCUT2D eigenvalue weighted by molar-refractivity contribution is 0.452. The number of hydrogen-bond acceptors (Lipinski definition) is 2. The Morgan fingerprint density at radius 3 is 2.38 bits per heavy atom. The molecule has 1 saturated heterocycles. The molecule has 1 heterocycles. The van der Waals surface area contributed by atoms with Crippen LogP contribution in [0, 0.1) is 20.8 Å². The number of rotatable bonds is 1. The molecule has 88 valence electrons. The number of nitrogens with one attached hydrogen (secondary N) is 1. The molecule has 0 unspecified atom stereocenters. The summed E-state index contributed by atoms with van der Waals surface area (Å²) in [6, 6.07) is 1.92. The highest BCUT2D eigenvalue weighted by molar-refractivity contribution is 5.49. The zero-order chi connectivity index (χ0) is 11.7. The van der Waals surface area contributed by atoms with Crippen molar-refractivity contribution in [2.24, 2.45) is 0 Å². The number of piperidine rings is 1. The monoisotopic (exact) mass is 219 g/mol. The van der Waals surface area contributed by atoms with Gasteiger partial charge >= 0.3 is 0 Å². The molecule has 0 amide bonds. The summed E-state index contributed by atoms with van der Waals surface area (Å²) in [5.41, 5.74) is 5.04. The minimum Gasteiger partial charge on any atom is -0.508 e. The van der Waals surface area contributed by atoms with E-state index in [2.05, 4.69) is 19.2 Å². The number of aromatic hydroxyl groups is 1. The van der Waals surface area contributed by atoms with E-state index in [9.17, 15) is 5.11 Å². The minimum absolute atomic E-state index is 0.438.